The summed E-state index contributed by atoms with van der Waals surface area (Å²) in [7, 11) is 0. The Balaban J connectivity index is 1.47. The van der Waals surface area contributed by atoms with Crippen molar-refractivity contribution in [2.75, 3.05) is 11.9 Å². The standard InChI is InChI=1S/C26H20INO3/c1-14-23(22-13-30-20-8-4-5-9-21(20)31-22)16-6-2-3-7-17(16)24(14)25-18-12-15(27)10-11-19(18)28-26(25)29/h2-12,22,24-25H,13H2,1H3,(H,28,29). The third-order valence-electron chi connectivity index (χ3n) is 6.53. The first-order valence-corrected chi connectivity index (χ1v) is 11.5. The van der Waals surface area contributed by atoms with Crippen molar-refractivity contribution in [2.45, 2.75) is 24.9 Å². The molecule has 4 nitrogen and oxygen atoms in total. The average molecular weight is 521 g/mol. The number of nitrogens with one attached hydrogen (secondary N) is 1. The fourth-order valence-electron chi connectivity index (χ4n) is 5.23. The molecular formula is C26H20INO3. The van der Waals surface area contributed by atoms with Crippen LogP contribution in [0.2, 0.25) is 0 Å². The quantitative estimate of drug-likeness (QED) is 0.438. The van der Waals surface area contributed by atoms with Gasteiger partial charge < -0.3 is 14.8 Å². The Hall–Kier alpha value is -2.80. The van der Waals surface area contributed by atoms with E-state index < -0.39 is 0 Å². The summed E-state index contributed by atoms with van der Waals surface area (Å²) in [6, 6.07) is 22.3. The minimum absolute atomic E-state index is 0.0218. The van der Waals surface area contributed by atoms with Crippen LogP contribution in [0.25, 0.3) is 5.57 Å². The van der Waals surface area contributed by atoms with Crippen LogP contribution in [-0.2, 0) is 4.79 Å². The molecule has 0 radical (unpaired) electrons. The number of halogens is 1. The number of hydrogen-bond donors (Lipinski definition) is 1. The Morgan fingerprint density at radius 3 is 2.58 bits per heavy atom. The van der Waals surface area contributed by atoms with Gasteiger partial charge in [0.1, 0.15) is 6.61 Å². The van der Waals surface area contributed by atoms with Gasteiger partial charge in [0.25, 0.3) is 0 Å². The molecule has 3 aromatic rings. The molecule has 3 unspecified atom stereocenters. The second kappa shape index (κ2) is 7.12. The van der Waals surface area contributed by atoms with Crippen LogP contribution in [0.5, 0.6) is 11.5 Å². The second-order valence-electron chi connectivity index (χ2n) is 8.22. The third-order valence-corrected chi connectivity index (χ3v) is 7.20. The highest BCUT2D eigenvalue weighted by Gasteiger charge is 2.45. The van der Waals surface area contributed by atoms with Crippen LogP contribution in [0.3, 0.4) is 0 Å². The number of hydrogen-bond acceptors (Lipinski definition) is 3. The topological polar surface area (TPSA) is 47.6 Å². The van der Waals surface area contributed by atoms with E-state index in [1.807, 2.05) is 36.4 Å². The van der Waals surface area contributed by atoms with E-state index in [9.17, 15) is 4.79 Å². The van der Waals surface area contributed by atoms with Crippen LogP contribution in [0.4, 0.5) is 5.69 Å². The number of amides is 1. The molecule has 0 saturated heterocycles. The lowest BCUT2D eigenvalue weighted by atomic mass is 9.80. The molecule has 2 aliphatic heterocycles. The van der Waals surface area contributed by atoms with E-state index in [1.54, 1.807) is 0 Å². The first-order valence-electron chi connectivity index (χ1n) is 10.4. The van der Waals surface area contributed by atoms with E-state index in [1.165, 1.54) is 11.1 Å². The van der Waals surface area contributed by atoms with E-state index in [4.69, 9.17) is 9.47 Å². The minimum atomic E-state index is -0.250. The molecule has 3 aromatic carbocycles. The van der Waals surface area contributed by atoms with Crippen LogP contribution in [0, 0.1) is 3.57 Å². The second-order valence-corrected chi connectivity index (χ2v) is 9.47. The van der Waals surface area contributed by atoms with Crippen LogP contribution < -0.4 is 14.8 Å². The summed E-state index contributed by atoms with van der Waals surface area (Å²) < 4.78 is 13.5. The van der Waals surface area contributed by atoms with Gasteiger partial charge in [0.2, 0.25) is 5.91 Å². The SMILES string of the molecule is CC1=C(C2COc3ccccc3O2)c2ccccc2C1C1C(=O)Nc2ccc(I)cc21. The molecule has 0 fully saturated rings. The predicted molar refractivity (Wildman–Crippen MR) is 129 cm³/mol. The van der Waals surface area contributed by atoms with Crippen molar-refractivity contribution in [3.8, 4) is 11.5 Å². The molecule has 3 aliphatic rings. The Bertz CT molecular complexity index is 1270. The van der Waals surface area contributed by atoms with Crippen molar-refractivity contribution < 1.29 is 14.3 Å². The first-order chi connectivity index (χ1) is 15.1. The molecule has 2 heterocycles. The molecule has 1 amide bonds. The fourth-order valence-corrected chi connectivity index (χ4v) is 5.75. The monoisotopic (exact) mass is 521 g/mol. The zero-order chi connectivity index (χ0) is 21.1. The maximum absolute atomic E-state index is 13.1. The Labute approximate surface area is 194 Å². The number of benzene rings is 3. The third kappa shape index (κ3) is 2.90. The number of ether oxygens (including phenoxy) is 2. The summed E-state index contributed by atoms with van der Waals surface area (Å²) in [4.78, 5) is 13.1. The Morgan fingerprint density at radius 2 is 1.71 bits per heavy atom. The van der Waals surface area contributed by atoms with E-state index in [2.05, 4.69) is 65.2 Å². The zero-order valence-corrected chi connectivity index (χ0v) is 19.1. The highest BCUT2D eigenvalue weighted by Crippen LogP contribution is 2.53. The summed E-state index contributed by atoms with van der Waals surface area (Å²) in [5, 5.41) is 3.09. The van der Waals surface area contributed by atoms with Gasteiger partial charge in [-0.05, 0) is 76.5 Å². The van der Waals surface area contributed by atoms with E-state index in [0.29, 0.717) is 6.61 Å². The number of allylic oxidation sites excluding steroid dienone is 1. The molecule has 1 aliphatic carbocycles. The van der Waals surface area contributed by atoms with E-state index in [0.717, 1.165) is 37.5 Å². The highest BCUT2D eigenvalue weighted by molar-refractivity contribution is 14.1. The highest BCUT2D eigenvalue weighted by atomic mass is 127. The van der Waals surface area contributed by atoms with Crippen molar-refractivity contribution in [3.63, 3.8) is 0 Å². The van der Waals surface area contributed by atoms with E-state index in [-0.39, 0.29) is 23.8 Å². The number of fused-ring (bicyclic) bond motifs is 3. The summed E-state index contributed by atoms with van der Waals surface area (Å²) in [5.74, 6) is 1.33. The van der Waals surface area contributed by atoms with Crippen molar-refractivity contribution in [1.82, 2.24) is 0 Å². The van der Waals surface area contributed by atoms with Gasteiger partial charge in [-0.25, -0.2) is 0 Å². The number of carbonyl (C=O) groups is 1. The Morgan fingerprint density at radius 1 is 0.935 bits per heavy atom. The summed E-state index contributed by atoms with van der Waals surface area (Å²) in [6.07, 6.45) is -0.208. The number of para-hydroxylation sites is 2. The van der Waals surface area contributed by atoms with Crippen molar-refractivity contribution >= 4 is 39.8 Å². The van der Waals surface area contributed by atoms with Gasteiger partial charge >= 0.3 is 0 Å². The molecule has 3 atom stereocenters. The Kier molecular flexibility index (Phi) is 4.35. The zero-order valence-electron chi connectivity index (χ0n) is 16.9. The van der Waals surface area contributed by atoms with Crippen molar-refractivity contribution in [3.05, 3.63) is 92.6 Å². The van der Waals surface area contributed by atoms with Gasteiger partial charge in [0.05, 0.1) is 5.92 Å². The number of carbonyl (C=O) groups excluding carboxylic acids is 1. The van der Waals surface area contributed by atoms with Crippen molar-refractivity contribution in [1.29, 1.82) is 0 Å². The normalized spacial score (nSPS) is 23.4. The molecule has 0 aromatic heterocycles. The smallest absolute Gasteiger partial charge is 0.232 e. The van der Waals surface area contributed by atoms with Gasteiger partial charge in [-0.1, -0.05) is 42.0 Å². The lowest BCUT2D eigenvalue weighted by molar-refractivity contribution is -0.117. The van der Waals surface area contributed by atoms with Gasteiger partial charge in [0.15, 0.2) is 17.6 Å². The summed E-state index contributed by atoms with van der Waals surface area (Å²) in [5.41, 5.74) is 6.65. The average Bonchev–Trinajstić information content (AvgIpc) is 3.25. The van der Waals surface area contributed by atoms with E-state index >= 15 is 0 Å². The molecular weight excluding hydrogens is 501 g/mol. The molecule has 0 saturated carbocycles. The molecule has 0 spiro atoms. The van der Waals surface area contributed by atoms with Crippen molar-refractivity contribution in [2.24, 2.45) is 0 Å². The largest absolute Gasteiger partial charge is 0.485 e. The molecule has 5 heteroatoms. The maximum Gasteiger partial charge on any atom is 0.232 e. The van der Waals surface area contributed by atoms with Crippen LogP contribution >= 0.6 is 22.6 Å². The molecule has 0 bridgehead atoms. The molecule has 6 rings (SSSR count). The fraction of sp³-hybridized carbons (Fsp3) is 0.192. The van der Waals surface area contributed by atoms with Gasteiger partial charge in [0, 0.05) is 20.7 Å². The van der Waals surface area contributed by atoms with Crippen LogP contribution in [0.15, 0.2) is 72.3 Å². The van der Waals surface area contributed by atoms with Gasteiger partial charge in [-0.2, -0.15) is 0 Å². The summed E-state index contributed by atoms with van der Waals surface area (Å²) in [6.45, 7) is 2.60. The predicted octanol–water partition coefficient (Wildman–Crippen LogP) is 5.74. The maximum atomic E-state index is 13.1. The molecule has 1 N–H and O–H groups in total. The minimum Gasteiger partial charge on any atom is -0.485 e. The number of anilines is 1. The summed E-state index contributed by atoms with van der Waals surface area (Å²) >= 11 is 2.31. The number of rotatable bonds is 2. The lowest BCUT2D eigenvalue weighted by Gasteiger charge is -2.28. The molecule has 31 heavy (non-hydrogen) atoms. The lowest BCUT2D eigenvalue weighted by Crippen LogP contribution is -2.30. The van der Waals surface area contributed by atoms with Crippen LogP contribution in [-0.4, -0.2) is 18.6 Å². The van der Waals surface area contributed by atoms with Gasteiger partial charge in [-0.3, -0.25) is 4.79 Å². The van der Waals surface area contributed by atoms with Gasteiger partial charge in [-0.15, -0.1) is 0 Å². The molecule has 154 valence electrons. The first kappa shape index (κ1) is 18.9. The van der Waals surface area contributed by atoms with Crippen LogP contribution in [0.1, 0.15) is 35.4 Å².